The van der Waals surface area contributed by atoms with Crippen molar-refractivity contribution in [2.45, 2.75) is 32.6 Å². The zero-order valence-electron chi connectivity index (χ0n) is 12.4. The first-order chi connectivity index (χ1) is 10.5. The summed E-state index contributed by atoms with van der Waals surface area (Å²) in [4.78, 5) is 34.5. The van der Waals surface area contributed by atoms with Crippen LogP contribution in [0, 0.1) is 11.8 Å². The largest absolute Gasteiger partial charge is 0.550 e. The molecule has 0 aliphatic heterocycles. The van der Waals surface area contributed by atoms with Crippen LogP contribution in [0.3, 0.4) is 0 Å². The van der Waals surface area contributed by atoms with E-state index in [1.165, 1.54) is 6.92 Å². The number of carboxylic acids is 1. The van der Waals surface area contributed by atoms with Crippen LogP contribution in [0.2, 0.25) is 0 Å². The molecule has 6 heteroatoms. The van der Waals surface area contributed by atoms with Crippen molar-refractivity contribution >= 4 is 29.2 Å². The molecule has 0 bridgehead atoms. The van der Waals surface area contributed by atoms with Crippen molar-refractivity contribution in [3.05, 3.63) is 24.3 Å². The maximum absolute atomic E-state index is 12.3. The van der Waals surface area contributed by atoms with E-state index >= 15 is 0 Å². The van der Waals surface area contributed by atoms with Crippen molar-refractivity contribution < 1.29 is 19.5 Å². The second-order valence-corrected chi connectivity index (χ2v) is 5.57. The van der Waals surface area contributed by atoms with E-state index in [9.17, 15) is 19.5 Å². The van der Waals surface area contributed by atoms with E-state index in [0.29, 0.717) is 24.2 Å². The number of benzene rings is 1. The van der Waals surface area contributed by atoms with Crippen molar-refractivity contribution in [3.8, 4) is 0 Å². The van der Waals surface area contributed by atoms with Crippen molar-refractivity contribution in [3.63, 3.8) is 0 Å². The number of carbonyl (C=O) groups excluding carboxylic acids is 3. The summed E-state index contributed by atoms with van der Waals surface area (Å²) in [6.07, 6.45) is 2.68. The Morgan fingerprint density at radius 2 is 1.64 bits per heavy atom. The Labute approximate surface area is 128 Å². The van der Waals surface area contributed by atoms with Gasteiger partial charge in [-0.15, -0.1) is 0 Å². The van der Waals surface area contributed by atoms with Crippen molar-refractivity contribution in [2.24, 2.45) is 11.8 Å². The van der Waals surface area contributed by atoms with Gasteiger partial charge in [0, 0.05) is 36.1 Å². The highest BCUT2D eigenvalue weighted by Gasteiger charge is 2.31. The summed E-state index contributed by atoms with van der Waals surface area (Å²) < 4.78 is 0. The third-order valence-corrected chi connectivity index (χ3v) is 3.86. The van der Waals surface area contributed by atoms with Crippen LogP contribution < -0.4 is 15.7 Å². The molecule has 2 atom stereocenters. The van der Waals surface area contributed by atoms with Crippen LogP contribution in [0.15, 0.2) is 24.3 Å². The first kappa shape index (κ1) is 16.0. The van der Waals surface area contributed by atoms with Crippen molar-refractivity contribution in [1.82, 2.24) is 0 Å². The summed E-state index contributed by atoms with van der Waals surface area (Å²) in [5.41, 5.74) is 1.10. The molecule has 1 aromatic rings. The first-order valence-corrected chi connectivity index (χ1v) is 7.37. The molecule has 1 fully saturated rings. The molecule has 0 spiro atoms. The fourth-order valence-corrected chi connectivity index (χ4v) is 2.84. The molecule has 0 aromatic heterocycles. The number of hydrogen-bond acceptors (Lipinski definition) is 4. The lowest BCUT2D eigenvalue weighted by atomic mass is 9.78. The molecule has 2 unspecified atom stereocenters. The lowest BCUT2D eigenvalue weighted by Crippen LogP contribution is -2.42. The normalized spacial score (nSPS) is 21.0. The topological polar surface area (TPSA) is 98.3 Å². The minimum Gasteiger partial charge on any atom is -0.550 e. The highest BCUT2D eigenvalue weighted by Crippen LogP contribution is 2.31. The predicted molar refractivity (Wildman–Crippen MR) is 79.8 cm³/mol. The lowest BCUT2D eigenvalue weighted by Gasteiger charge is -2.31. The highest BCUT2D eigenvalue weighted by atomic mass is 16.4. The van der Waals surface area contributed by atoms with Crippen molar-refractivity contribution in [2.75, 3.05) is 10.6 Å². The maximum Gasteiger partial charge on any atom is 0.228 e. The molecule has 1 saturated carbocycles. The number of nitrogens with one attached hydrogen (secondary N) is 2. The molecule has 1 aliphatic rings. The molecule has 118 valence electrons. The van der Waals surface area contributed by atoms with Crippen LogP contribution in [0.5, 0.6) is 0 Å². The van der Waals surface area contributed by atoms with Crippen LogP contribution >= 0.6 is 0 Å². The number of aliphatic carboxylic acids is 1. The van der Waals surface area contributed by atoms with E-state index in [1.807, 2.05) is 0 Å². The minimum atomic E-state index is -1.16. The van der Waals surface area contributed by atoms with Gasteiger partial charge in [-0.05, 0) is 31.0 Å². The average molecular weight is 303 g/mol. The zero-order valence-corrected chi connectivity index (χ0v) is 12.4. The van der Waals surface area contributed by atoms with Gasteiger partial charge in [-0.2, -0.15) is 0 Å². The molecule has 2 amide bonds. The monoisotopic (exact) mass is 303 g/mol. The molecule has 1 aromatic carbocycles. The standard InChI is InChI=1S/C16H20N2O4/c1-10(19)17-11-5-4-6-12(9-11)18-15(20)13-7-2-3-8-14(13)16(21)22/h4-6,9,13-14H,2-3,7-8H2,1H3,(H,17,19)(H,18,20)(H,21,22)/p-1. The Morgan fingerprint density at radius 3 is 2.23 bits per heavy atom. The van der Waals surface area contributed by atoms with Gasteiger partial charge in [0.25, 0.3) is 0 Å². The molecule has 0 heterocycles. The van der Waals surface area contributed by atoms with E-state index in [4.69, 9.17) is 0 Å². The van der Waals surface area contributed by atoms with E-state index in [-0.39, 0.29) is 11.8 Å². The van der Waals surface area contributed by atoms with Gasteiger partial charge in [-0.3, -0.25) is 9.59 Å². The van der Waals surface area contributed by atoms with E-state index < -0.39 is 17.8 Å². The van der Waals surface area contributed by atoms with Gasteiger partial charge in [-0.1, -0.05) is 18.9 Å². The fourth-order valence-electron chi connectivity index (χ4n) is 2.84. The predicted octanol–water partition coefficient (Wildman–Crippen LogP) is 1.14. The van der Waals surface area contributed by atoms with E-state index in [2.05, 4.69) is 10.6 Å². The smallest absolute Gasteiger partial charge is 0.228 e. The molecule has 0 saturated heterocycles. The van der Waals surface area contributed by atoms with E-state index in [0.717, 1.165) is 12.8 Å². The minimum absolute atomic E-state index is 0.201. The Kier molecular flexibility index (Phi) is 5.14. The van der Waals surface area contributed by atoms with Crippen LogP contribution in [0.25, 0.3) is 0 Å². The average Bonchev–Trinajstić information content (AvgIpc) is 2.46. The number of anilines is 2. The molecule has 2 rings (SSSR count). The second kappa shape index (κ2) is 7.06. The molecular formula is C16H19N2O4-. The van der Waals surface area contributed by atoms with Gasteiger partial charge in [0.1, 0.15) is 0 Å². The first-order valence-electron chi connectivity index (χ1n) is 7.37. The summed E-state index contributed by atoms with van der Waals surface area (Å²) in [5.74, 6) is -2.97. The fraction of sp³-hybridized carbons (Fsp3) is 0.438. The van der Waals surface area contributed by atoms with Crippen LogP contribution in [0.1, 0.15) is 32.6 Å². The van der Waals surface area contributed by atoms with Gasteiger partial charge in [0.2, 0.25) is 11.8 Å². The Balaban J connectivity index is 2.07. The Hall–Kier alpha value is -2.37. The van der Waals surface area contributed by atoms with Gasteiger partial charge < -0.3 is 20.5 Å². The summed E-state index contributed by atoms with van der Waals surface area (Å²) in [5, 5.41) is 16.5. The summed E-state index contributed by atoms with van der Waals surface area (Å²) in [6.45, 7) is 1.40. The molecule has 0 radical (unpaired) electrons. The van der Waals surface area contributed by atoms with Gasteiger partial charge >= 0.3 is 0 Å². The van der Waals surface area contributed by atoms with Crippen LogP contribution in [-0.2, 0) is 14.4 Å². The highest BCUT2D eigenvalue weighted by molar-refractivity contribution is 5.96. The second-order valence-electron chi connectivity index (χ2n) is 5.57. The summed E-state index contributed by atoms with van der Waals surface area (Å²) in [6, 6.07) is 6.75. The third-order valence-electron chi connectivity index (χ3n) is 3.86. The number of rotatable bonds is 4. The lowest BCUT2D eigenvalue weighted by molar-refractivity contribution is -0.313. The quantitative estimate of drug-likeness (QED) is 0.871. The zero-order chi connectivity index (χ0) is 16.1. The number of hydrogen-bond donors (Lipinski definition) is 2. The molecule has 2 N–H and O–H groups in total. The van der Waals surface area contributed by atoms with Crippen molar-refractivity contribution in [1.29, 1.82) is 0 Å². The molecular weight excluding hydrogens is 284 g/mol. The van der Waals surface area contributed by atoms with Crippen LogP contribution in [0.4, 0.5) is 11.4 Å². The van der Waals surface area contributed by atoms with Gasteiger partial charge in [0.15, 0.2) is 0 Å². The number of amides is 2. The molecule has 1 aliphatic carbocycles. The maximum atomic E-state index is 12.3. The number of carboxylic acid groups (broad SMARTS) is 1. The van der Waals surface area contributed by atoms with Crippen LogP contribution in [-0.4, -0.2) is 17.8 Å². The van der Waals surface area contributed by atoms with E-state index in [1.54, 1.807) is 24.3 Å². The SMILES string of the molecule is CC(=O)Nc1cccc(NC(=O)C2CCCCC2C(=O)[O-])c1. The molecule has 22 heavy (non-hydrogen) atoms. The third kappa shape index (κ3) is 4.07. The number of carbonyl (C=O) groups is 3. The molecule has 6 nitrogen and oxygen atoms in total. The van der Waals surface area contributed by atoms with Gasteiger partial charge in [-0.25, -0.2) is 0 Å². The Morgan fingerprint density at radius 1 is 1.05 bits per heavy atom. The summed E-state index contributed by atoms with van der Waals surface area (Å²) >= 11 is 0. The summed E-state index contributed by atoms with van der Waals surface area (Å²) in [7, 11) is 0. The Bertz CT molecular complexity index is 585. The van der Waals surface area contributed by atoms with Gasteiger partial charge in [0.05, 0.1) is 0 Å².